The van der Waals surface area contributed by atoms with Crippen LogP contribution in [-0.4, -0.2) is 34.3 Å². The molecule has 0 aromatic carbocycles. The molecule has 0 bridgehead atoms. The molecule has 0 atom stereocenters. The fraction of sp³-hybridized carbons (Fsp3) is 0.429. The quantitative estimate of drug-likeness (QED) is 0.502. The first-order valence-corrected chi connectivity index (χ1v) is 4.65. The Hall–Kier alpha value is -0.303. The van der Waals surface area contributed by atoms with E-state index in [0.717, 1.165) is 5.92 Å². The monoisotopic (exact) mass is 177 g/mol. The second kappa shape index (κ2) is 4.66. The Labute approximate surface area is 84.0 Å². The van der Waals surface area contributed by atoms with E-state index in [1.54, 1.807) is 11.3 Å². The van der Waals surface area contributed by atoms with Crippen molar-refractivity contribution in [1.29, 1.82) is 0 Å². The average molecular weight is 177 g/mol. The number of thiazole rings is 1. The van der Waals surface area contributed by atoms with Gasteiger partial charge in [0.1, 0.15) is 0 Å². The minimum atomic E-state index is -0.250. The van der Waals surface area contributed by atoms with Gasteiger partial charge in [0, 0.05) is 0 Å². The summed E-state index contributed by atoms with van der Waals surface area (Å²) in [6, 6.07) is 0. The topological polar surface area (TPSA) is 50.2 Å². The maximum atomic E-state index is 8.36. The summed E-state index contributed by atoms with van der Waals surface area (Å²) in [6.45, 7) is -0.250. The van der Waals surface area contributed by atoms with Crippen LogP contribution in [0.15, 0.2) is 5.38 Å². The van der Waals surface area contributed by atoms with E-state index in [2.05, 4.69) is 28.1 Å². The van der Waals surface area contributed by atoms with Gasteiger partial charge in [0.05, 0.1) is 0 Å². The van der Waals surface area contributed by atoms with Crippen molar-refractivity contribution in [2.75, 3.05) is 0 Å². The van der Waals surface area contributed by atoms with Crippen molar-refractivity contribution in [2.45, 2.75) is 18.8 Å². The molecule has 1 aliphatic carbocycles. The molecule has 12 heavy (non-hydrogen) atoms. The Kier molecular flexibility index (Phi) is 3.80. The van der Waals surface area contributed by atoms with Crippen LogP contribution in [0.1, 0.15) is 24.5 Å². The van der Waals surface area contributed by atoms with E-state index in [-0.39, 0.29) is 6.47 Å². The van der Waals surface area contributed by atoms with E-state index in [1.165, 1.54) is 22.2 Å². The van der Waals surface area contributed by atoms with Crippen molar-refractivity contribution in [3.8, 4) is 0 Å². The third-order valence-electron chi connectivity index (χ3n) is 1.63. The van der Waals surface area contributed by atoms with Gasteiger partial charge in [0.2, 0.25) is 0 Å². The first-order chi connectivity index (χ1) is 5.77. The zero-order valence-electron chi connectivity index (χ0n) is 6.86. The van der Waals surface area contributed by atoms with Gasteiger partial charge in [-0.05, 0) is 0 Å². The summed E-state index contributed by atoms with van der Waals surface area (Å²) in [5.41, 5.74) is 1.33. The Balaban J connectivity index is 0.000000213. The average Bonchev–Trinajstić information content (AvgIpc) is 2.78. The molecule has 1 saturated carbocycles. The molecule has 60 valence electrons. The Morgan fingerprint density at radius 3 is 2.67 bits per heavy atom. The van der Waals surface area contributed by atoms with Crippen molar-refractivity contribution in [1.82, 2.24) is 4.98 Å². The van der Waals surface area contributed by atoms with Gasteiger partial charge >= 0.3 is 67.6 Å². The summed E-state index contributed by atoms with van der Waals surface area (Å²) < 4.78 is 1.21. The van der Waals surface area contributed by atoms with E-state index in [1.807, 2.05) is 0 Å². The van der Waals surface area contributed by atoms with E-state index >= 15 is 0 Å². The van der Waals surface area contributed by atoms with Gasteiger partial charge in [-0.1, -0.05) is 0 Å². The molecule has 0 spiro atoms. The summed E-state index contributed by atoms with van der Waals surface area (Å²) in [5.74, 6) is 0.829. The number of aromatic nitrogens is 1. The minimum absolute atomic E-state index is 0.250. The van der Waals surface area contributed by atoms with Crippen LogP contribution in [0.3, 0.4) is 0 Å². The van der Waals surface area contributed by atoms with Crippen molar-refractivity contribution in [2.24, 2.45) is 0 Å². The first kappa shape index (κ1) is 9.78. The summed E-state index contributed by atoms with van der Waals surface area (Å²) in [6.07, 6.45) is 2.73. The van der Waals surface area contributed by atoms with Crippen molar-refractivity contribution < 1.29 is 9.90 Å². The van der Waals surface area contributed by atoms with Crippen LogP contribution in [0.5, 0.6) is 0 Å². The van der Waals surface area contributed by atoms with E-state index in [0.29, 0.717) is 0 Å². The van der Waals surface area contributed by atoms with E-state index < -0.39 is 0 Å². The fourth-order valence-corrected chi connectivity index (χ4v) is 1.64. The predicted molar refractivity (Wildman–Crippen MR) is 48.2 cm³/mol. The van der Waals surface area contributed by atoms with Crippen LogP contribution >= 0.6 is 11.3 Å². The molecular weight excluding hydrogens is 169 g/mol. The molecule has 1 fully saturated rings. The van der Waals surface area contributed by atoms with Crippen molar-refractivity contribution >= 4 is 39.2 Å². The summed E-state index contributed by atoms with van der Waals surface area (Å²) in [5, 5.41) is 9.08. The Morgan fingerprint density at radius 1 is 1.75 bits per heavy atom. The number of hydrogen-bond donors (Lipinski definition) is 1. The third kappa shape index (κ3) is 2.98. The molecule has 3 nitrogen and oxygen atoms in total. The summed E-state index contributed by atoms with van der Waals surface area (Å²) in [7, 11) is 0. The van der Waals surface area contributed by atoms with Crippen LogP contribution in [-0.2, 0) is 4.79 Å². The number of rotatable bonds is 1. The Bertz CT molecular complexity index is 260. The number of carbonyl (C=O) groups is 1. The molecule has 0 radical (unpaired) electrons. The third-order valence-corrected chi connectivity index (χ3v) is 2.42. The normalized spacial score (nSPS) is 14.8. The standard InChI is InChI=1S/C6H6NS.CH2O2.Li/c1-2-5(1)6-3-8-4-7-6;2-1-3;/h3,5H,1-2H2;1H,(H,2,3);. The molecule has 0 saturated heterocycles. The van der Waals surface area contributed by atoms with Gasteiger partial charge < -0.3 is 5.11 Å². The molecule has 1 aromatic heterocycles. The van der Waals surface area contributed by atoms with Crippen LogP contribution in [0, 0.1) is 0 Å². The molecule has 0 amide bonds. The first-order valence-electron chi connectivity index (χ1n) is 3.77. The van der Waals surface area contributed by atoms with Crippen molar-refractivity contribution in [3.63, 3.8) is 0 Å². The molecular formula is C7H8LiNO2S. The summed E-state index contributed by atoms with van der Waals surface area (Å²) >= 11 is 3.83. The zero-order chi connectivity index (χ0) is 8.97. The van der Waals surface area contributed by atoms with Gasteiger partial charge in [-0.15, -0.1) is 0 Å². The van der Waals surface area contributed by atoms with Gasteiger partial charge in [-0.25, -0.2) is 0 Å². The molecule has 1 heterocycles. The van der Waals surface area contributed by atoms with E-state index in [9.17, 15) is 0 Å². The molecule has 0 unspecified atom stereocenters. The summed E-state index contributed by atoms with van der Waals surface area (Å²) in [4.78, 5) is 12.8. The fourth-order valence-electron chi connectivity index (χ4n) is 0.947. The number of carboxylic acid groups (broad SMARTS) is 1. The van der Waals surface area contributed by atoms with Gasteiger partial charge in [-0.3, -0.25) is 4.79 Å². The van der Waals surface area contributed by atoms with Crippen molar-refractivity contribution in [3.05, 3.63) is 11.1 Å². The van der Waals surface area contributed by atoms with Gasteiger partial charge in [-0.2, -0.15) is 0 Å². The van der Waals surface area contributed by atoms with Crippen LogP contribution in [0.25, 0.3) is 0 Å². The second-order valence-electron chi connectivity index (χ2n) is 2.67. The molecule has 0 aliphatic heterocycles. The molecule has 1 aliphatic rings. The van der Waals surface area contributed by atoms with Crippen LogP contribution in [0.4, 0.5) is 0 Å². The number of nitrogens with zero attached hydrogens (tertiary/aromatic N) is 1. The molecule has 1 aromatic rings. The van der Waals surface area contributed by atoms with Crippen LogP contribution in [0.2, 0.25) is 0 Å². The Morgan fingerprint density at radius 2 is 2.33 bits per heavy atom. The van der Waals surface area contributed by atoms with Crippen LogP contribution < -0.4 is 3.68 Å². The number of hydrogen-bond acceptors (Lipinski definition) is 3. The SMILES string of the molecule is O=CO.[Li][c]1nc(C2CC2)cs1. The predicted octanol–water partition coefficient (Wildman–Crippen LogP) is 0.515. The van der Waals surface area contributed by atoms with Gasteiger partial charge in [0.15, 0.2) is 0 Å². The second-order valence-corrected chi connectivity index (χ2v) is 3.73. The maximum absolute atomic E-state index is 8.36. The van der Waals surface area contributed by atoms with E-state index in [4.69, 9.17) is 9.90 Å². The molecule has 2 rings (SSSR count). The molecule has 1 N–H and O–H groups in total. The van der Waals surface area contributed by atoms with Gasteiger partial charge in [0.25, 0.3) is 6.47 Å². The zero-order valence-corrected chi connectivity index (χ0v) is 7.67. The molecule has 5 heteroatoms.